The van der Waals surface area contributed by atoms with Crippen LogP contribution in [0.3, 0.4) is 0 Å². The van der Waals surface area contributed by atoms with Crippen LogP contribution in [0, 0.1) is 5.82 Å². The Hall–Kier alpha value is -1.17. The van der Waals surface area contributed by atoms with E-state index in [1.54, 1.807) is 17.4 Å². The summed E-state index contributed by atoms with van der Waals surface area (Å²) in [6.45, 7) is 2.03. The molecule has 0 saturated heterocycles. The van der Waals surface area contributed by atoms with Gasteiger partial charge in [0.25, 0.3) is 0 Å². The molecule has 0 spiro atoms. The van der Waals surface area contributed by atoms with Crippen LogP contribution in [0.2, 0.25) is 5.02 Å². The smallest absolute Gasteiger partial charge is 0.171 e. The number of benzene rings is 1. The van der Waals surface area contributed by atoms with Crippen molar-refractivity contribution in [1.82, 2.24) is 5.32 Å². The zero-order valence-corrected chi connectivity index (χ0v) is 12.5. The third-order valence-corrected chi connectivity index (χ3v) is 4.06. The molecule has 2 N–H and O–H groups in total. The molecule has 19 heavy (non-hydrogen) atoms. The molecule has 2 rings (SSSR count). The van der Waals surface area contributed by atoms with Gasteiger partial charge in [-0.05, 0) is 48.8 Å². The first kappa shape index (κ1) is 14.2. The molecular formula is C13H12ClFN2S2. The predicted molar refractivity (Wildman–Crippen MR) is 83.5 cm³/mol. The van der Waals surface area contributed by atoms with Crippen molar-refractivity contribution in [2.75, 3.05) is 5.32 Å². The van der Waals surface area contributed by atoms with Crippen LogP contribution < -0.4 is 10.6 Å². The SMILES string of the molecule is C[C@@H](NC(=S)Nc1ccc(F)c(Cl)c1)c1cccs1. The average Bonchev–Trinajstić information content (AvgIpc) is 2.87. The van der Waals surface area contributed by atoms with Gasteiger partial charge in [-0.15, -0.1) is 11.3 Å². The Morgan fingerprint density at radius 2 is 2.21 bits per heavy atom. The van der Waals surface area contributed by atoms with Crippen LogP contribution in [0.25, 0.3) is 0 Å². The molecule has 6 heteroatoms. The maximum absolute atomic E-state index is 13.0. The molecule has 1 atom stereocenters. The monoisotopic (exact) mass is 314 g/mol. The largest absolute Gasteiger partial charge is 0.355 e. The molecule has 2 aromatic rings. The highest BCUT2D eigenvalue weighted by molar-refractivity contribution is 7.80. The second-order valence-electron chi connectivity index (χ2n) is 3.96. The quantitative estimate of drug-likeness (QED) is 0.810. The van der Waals surface area contributed by atoms with Gasteiger partial charge in [0.2, 0.25) is 0 Å². The minimum absolute atomic E-state index is 0.0686. The fourth-order valence-corrected chi connectivity index (χ4v) is 2.76. The molecule has 1 aromatic heterocycles. The van der Waals surface area contributed by atoms with Crippen LogP contribution in [0.1, 0.15) is 17.8 Å². The number of rotatable bonds is 3. The lowest BCUT2D eigenvalue weighted by molar-refractivity contribution is 0.628. The number of anilines is 1. The first-order chi connectivity index (χ1) is 9.06. The second-order valence-corrected chi connectivity index (χ2v) is 5.76. The van der Waals surface area contributed by atoms with Crippen molar-refractivity contribution in [3.63, 3.8) is 0 Å². The van der Waals surface area contributed by atoms with E-state index in [1.807, 2.05) is 24.4 Å². The van der Waals surface area contributed by atoms with Gasteiger partial charge >= 0.3 is 0 Å². The number of thiophene rings is 1. The Labute approximate surface area is 125 Å². The molecule has 0 radical (unpaired) electrons. The van der Waals surface area contributed by atoms with Gasteiger partial charge in [-0.2, -0.15) is 0 Å². The topological polar surface area (TPSA) is 24.1 Å². The van der Waals surface area contributed by atoms with Crippen molar-refractivity contribution < 1.29 is 4.39 Å². The molecule has 0 aliphatic rings. The summed E-state index contributed by atoms with van der Waals surface area (Å²) in [5.74, 6) is -0.446. The number of hydrogen-bond donors (Lipinski definition) is 2. The van der Waals surface area contributed by atoms with Crippen LogP contribution in [-0.4, -0.2) is 5.11 Å². The first-order valence-corrected chi connectivity index (χ1v) is 7.29. The summed E-state index contributed by atoms with van der Waals surface area (Å²) in [5.41, 5.74) is 0.655. The zero-order chi connectivity index (χ0) is 13.8. The Morgan fingerprint density at radius 3 is 2.84 bits per heavy atom. The van der Waals surface area contributed by atoms with Crippen molar-refractivity contribution in [1.29, 1.82) is 0 Å². The molecule has 0 unspecified atom stereocenters. The minimum Gasteiger partial charge on any atom is -0.355 e. The molecule has 1 heterocycles. The van der Waals surface area contributed by atoms with Crippen molar-refractivity contribution >= 4 is 46.0 Å². The van der Waals surface area contributed by atoms with Gasteiger partial charge < -0.3 is 10.6 Å². The maximum Gasteiger partial charge on any atom is 0.171 e. The first-order valence-electron chi connectivity index (χ1n) is 5.62. The van der Waals surface area contributed by atoms with E-state index in [0.29, 0.717) is 10.8 Å². The van der Waals surface area contributed by atoms with E-state index in [4.69, 9.17) is 23.8 Å². The Kier molecular flexibility index (Phi) is 4.74. The zero-order valence-electron chi connectivity index (χ0n) is 10.1. The van der Waals surface area contributed by atoms with Crippen molar-refractivity contribution in [2.24, 2.45) is 0 Å². The van der Waals surface area contributed by atoms with Gasteiger partial charge in [-0.3, -0.25) is 0 Å². The van der Waals surface area contributed by atoms with Crippen molar-refractivity contribution in [3.8, 4) is 0 Å². The highest BCUT2D eigenvalue weighted by Gasteiger charge is 2.08. The molecule has 0 saturated carbocycles. The van der Waals surface area contributed by atoms with Gasteiger partial charge in [0, 0.05) is 10.6 Å². The maximum atomic E-state index is 13.0. The van der Waals surface area contributed by atoms with Gasteiger partial charge in [0.1, 0.15) is 5.82 Å². The molecule has 0 amide bonds. The lowest BCUT2D eigenvalue weighted by Gasteiger charge is -2.16. The second kappa shape index (κ2) is 6.32. The number of nitrogens with one attached hydrogen (secondary N) is 2. The summed E-state index contributed by atoms with van der Waals surface area (Å²) in [7, 11) is 0. The Morgan fingerprint density at radius 1 is 1.42 bits per heavy atom. The lowest BCUT2D eigenvalue weighted by atomic mass is 10.3. The van der Waals surface area contributed by atoms with Crippen LogP contribution >= 0.6 is 35.2 Å². The van der Waals surface area contributed by atoms with Crippen molar-refractivity contribution in [3.05, 3.63) is 51.4 Å². The fraction of sp³-hybridized carbons (Fsp3) is 0.154. The summed E-state index contributed by atoms with van der Waals surface area (Å²) < 4.78 is 13.0. The Balaban J connectivity index is 1.95. The fourth-order valence-electron chi connectivity index (χ4n) is 1.55. The summed E-state index contributed by atoms with van der Waals surface area (Å²) in [6.07, 6.45) is 0. The third kappa shape index (κ3) is 3.89. The van der Waals surface area contributed by atoms with Gasteiger partial charge in [0.05, 0.1) is 11.1 Å². The van der Waals surface area contributed by atoms with Crippen molar-refractivity contribution in [2.45, 2.75) is 13.0 Å². The number of hydrogen-bond acceptors (Lipinski definition) is 2. The van der Waals surface area contributed by atoms with Crippen LogP contribution in [0.5, 0.6) is 0 Å². The van der Waals surface area contributed by atoms with Crippen LogP contribution in [0.4, 0.5) is 10.1 Å². The molecule has 0 fully saturated rings. The van der Waals surface area contributed by atoms with E-state index in [2.05, 4.69) is 10.6 Å². The van der Waals surface area contributed by atoms with E-state index in [-0.39, 0.29) is 11.1 Å². The van der Waals surface area contributed by atoms with Gasteiger partial charge in [0.15, 0.2) is 5.11 Å². The van der Waals surface area contributed by atoms with Crippen LogP contribution in [-0.2, 0) is 0 Å². The summed E-state index contributed by atoms with van der Waals surface area (Å²) in [4.78, 5) is 1.20. The van der Waals surface area contributed by atoms with E-state index < -0.39 is 5.82 Å². The normalized spacial score (nSPS) is 11.9. The van der Waals surface area contributed by atoms with Crippen LogP contribution in [0.15, 0.2) is 35.7 Å². The van der Waals surface area contributed by atoms with E-state index >= 15 is 0 Å². The van der Waals surface area contributed by atoms with E-state index in [0.717, 1.165) is 0 Å². The van der Waals surface area contributed by atoms with Gasteiger partial charge in [-0.25, -0.2) is 4.39 Å². The molecule has 0 aliphatic heterocycles. The molecule has 100 valence electrons. The van der Waals surface area contributed by atoms with Gasteiger partial charge in [-0.1, -0.05) is 17.7 Å². The molecular weight excluding hydrogens is 303 g/mol. The molecule has 0 bridgehead atoms. The molecule has 2 nitrogen and oxygen atoms in total. The Bertz CT molecular complexity index is 572. The highest BCUT2D eigenvalue weighted by atomic mass is 35.5. The lowest BCUT2D eigenvalue weighted by Crippen LogP contribution is -2.30. The minimum atomic E-state index is -0.446. The highest BCUT2D eigenvalue weighted by Crippen LogP contribution is 2.20. The average molecular weight is 315 g/mol. The van der Waals surface area contributed by atoms with E-state index in [1.165, 1.54) is 17.0 Å². The molecule has 1 aromatic carbocycles. The number of halogens is 2. The predicted octanol–water partition coefficient (Wildman–Crippen LogP) is 4.59. The van der Waals surface area contributed by atoms with E-state index in [9.17, 15) is 4.39 Å². The third-order valence-electron chi connectivity index (χ3n) is 2.50. The standard InChI is InChI=1S/C13H12ClFN2S2/c1-8(12-3-2-6-19-12)16-13(18)17-9-4-5-11(15)10(14)7-9/h2-8H,1H3,(H2,16,17,18)/t8-/m1/s1. The summed E-state index contributed by atoms with van der Waals surface area (Å²) in [6, 6.07) is 8.55. The number of thiocarbonyl (C=S) groups is 1. The summed E-state index contributed by atoms with van der Waals surface area (Å²) in [5, 5.41) is 8.70. The molecule has 0 aliphatic carbocycles. The summed E-state index contributed by atoms with van der Waals surface area (Å²) >= 11 is 12.6.